The Morgan fingerprint density at radius 2 is 2.13 bits per heavy atom. The summed E-state index contributed by atoms with van der Waals surface area (Å²) in [5.74, 6) is -0.237. The van der Waals surface area contributed by atoms with Crippen molar-refractivity contribution in [3.8, 4) is 6.07 Å². The molecule has 1 aromatic carbocycles. The Hall–Kier alpha value is -1.47. The van der Waals surface area contributed by atoms with Crippen LogP contribution in [0.4, 0.5) is 4.39 Å². The molecule has 1 unspecified atom stereocenters. The summed E-state index contributed by atoms with van der Waals surface area (Å²) in [4.78, 5) is 0. The van der Waals surface area contributed by atoms with E-state index in [2.05, 4.69) is 11.4 Å². The second kappa shape index (κ2) is 4.37. The van der Waals surface area contributed by atoms with E-state index < -0.39 is 0 Å². The number of nitriles is 1. The molecule has 76 valence electrons. The van der Waals surface area contributed by atoms with E-state index in [-0.39, 0.29) is 11.2 Å². The van der Waals surface area contributed by atoms with Gasteiger partial charge in [-0.2, -0.15) is 5.26 Å². The summed E-state index contributed by atoms with van der Waals surface area (Å²) in [6.45, 7) is 0. The standard InChI is InChI=1S/C11H9FN2S/c12-9-3-1-8(2-4-9)10-7-15-11(14-10)5-6-13/h1-4,7,11,14H,5H2. The molecule has 0 radical (unpaired) electrons. The minimum atomic E-state index is -0.237. The lowest BCUT2D eigenvalue weighted by Crippen LogP contribution is -2.18. The Morgan fingerprint density at radius 1 is 1.40 bits per heavy atom. The molecule has 15 heavy (non-hydrogen) atoms. The number of thioether (sulfide) groups is 1. The maximum absolute atomic E-state index is 12.7. The maximum atomic E-state index is 12.7. The average Bonchev–Trinajstić information content (AvgIpc) is 2.68. The van der Waals surface area contributed by atoms with Crippen molar-refractivity contribution in [3.63, 3.8) is 0 Å². The first-order valence-electron chi connectivity index (χ1n) is 4.54. The number of nitrogens with one attached hydrogen (secondary N) is 1. The molecule has 0 aliphatic carbocycles. The van der Waals surface area contributed by atoms with Crippen LogP contribution in [0.3, 0.4) is 0 Å². The van der Waals surface area contributed by atoms with Crippen molar-refractivity contribution in [2.24, 2.45) is 0 Å². The first kappa shape index (κ1) is 10.1. The van der Waals surface area contributed by atoms with Gasteiger partial charge in [0.25, 0.3) is 0 Å². The molecule has 0 aromatic heterocycles. The lowest BCUT2D eigenvalue weighted by Gasteiger charge is -2.08. The zero-order chi connectivity index (χ0) is 10.7. The Kier molecular flexibility index (Phi) is 2.93. The summed E-state index contributed by atoms with van der Waals surface area (Å²) in [5.41, 5.74) is 1.91. The molecule has 1 heterocycles. The average molecular weight is 220 g/mol. The van der Waals surface area contributed by atoms with Crippen molar-refractivity contribution in [2.75, 3.05) is 0 Å². The number of halogens is 1. The predicted octanol–water partition coefficient (Wildman–Crippen LogP) is 2.70. The summed E-state index contributed by atoms with van der Waals surface area (Å²) < 4.78 is 12.7. The molecule has 1 N–H and O–H groups in total. The van der Waals surface area contributed by atoms with Crippen LogP contribution in [0, 0.1) is 17.1 Å². The van der Waals surface area contributed by atoms with Gasteiger partial charge in [0, 0.05) is 5.70 Å². The van der Waals surface area contributed by atoms with Crippen LogP contribution in [-0.4, -0.2) is 5.37 Å². The van der Waals surface area contributed by atoms with Gasteiger partial charge in [0.05, 0.1) is 17.9 Å². The minimum absolute atomic E-state index is 0.120. The molecule has 1 aromatic rings. The third-order valence-corrected chi connectivity index (χ3v) is 3.08. The molecule has 2 rings (SSSR count). The zero-order valence-electron chi connectivity index (χ0n) is 7.90. The van der Waals surface area contributed by atoms with Gasteiger partial charge < -0.3 is 5.32 Å². The molecule has 2 nitrogen and oxygen atoms in total. The molecule has 1 atom stereocenters. The van der Waals surface area contributed by atoms with Gasteiger partial charge in [0.15, 0.2) is 0 Å². The van der Waals surface area contributed by atoms with Crippen LogP contribution >= 0.6 is 11.8 Å². The largest absolute Gasteiger partial charge is 0.371 e. The molecule has 4 heteroatoms. The number of hydrogen-bond acceptors (Lipinski definition) is 3. The van der Waals surface area contributed by atoms with E-state index in [1.165, 1.54) is 12.1 Å². The molecule has 0 saturated carbocycles. The highest BCUT2D eigenvalue weighted by Gasteiger charge is 2.16. The van der Waals surface area contributed by atoms with Gasteiger partial charge in [-0.05, 0) is 35.2 Å². The first-order chi connectivity index (χ1) is 7.29. The predicted molar refractivity (Wildman–Crippen MR) is 59.1 cm³/mol. The van der Waals surface area contributed by atoms with Crippen LogP contribution in [0.2, 0.25) is 0 Å². The van der Waals surface area contributed by atoms with Crippen molar-refractivity contribution >= 4 is 17.5 Å². The van der Waals surface area contributed by atoms with Gasteiger partial charge in [0.1, 0.15) is 5.82 Å². The van der Waals surface area contributed by atoms with E-state index in [9.17, 15) is 4.39 Å². The lowest BCUT2D eigenvalue weighted by molar-refractivity contribution is 0.627. The number of benzene rings is 1. The van der Waals surface area contributed by atoms with Gasteiger partial charge in [-0.1, -0.05) is 0 Å². The van der Waals surface area contributed by atoms with E-state index in [1.807, 2.05) is 5.41 Å². The van der Waals surface area contributed by atoms with Crippen LogP contribution in [0.5, 0.6) is 0 Å². The molecule has 0 amide bonds. The van der Waals surface area contributed by atoms with E-state index in [0.717, 1.165) is 11.3 Å². The second-order valence-electron chi connectivity index (χ2n) is 3.17. The van der Waals surface area contributed by atoms with Gasteiger partial charge in [-0.3, -0.25) is 0 Å². The van der Waals surface area contributed by atoms with Crippen LogP contribution < -0.4 is 5.32 Å². The number of nitrogens with zero attached hydrogens (tertiary/aromatic N) is 1. The molecular weight excluding hydrogens is 211 g/mol. The fourth-order valence-electron chi connectivity index (χ4n) is 1.35. The molecule has 1 aliphatic heterocycles. The molecular formula is C11H9FN2S. The number of rotatable bonds is 2. The van der Waals surface area contributed by atoms with Gasteiger partial charge in [0.2, 0.25) is 0 Å². The Bertz CT molecular complexity index is 419. The highest BCUT2D eigenvalue weighted by molar-refractivity contribution is 8.03. The quantitative estimate of drug-likeness (QED) is 0.832. The first-order valence-corrected chi connectivity index (χ1v) is 5.49. The summed E-state index contributed by atoms with van der Waals surface area (Å²) in [7, 11) is 0. The fraction of sp³-hybridized carbons (Fsp3) is 0.182. The van der Waals surface area contributed by atoms with E-state index in [0.29, 0.717) is 6.42 Å². The number of hydrogen-bond donors (Lipinski definition) is 1. The van der Waals surface area contributed by atoms with Crippen LogP contribution in [0.15, 0.2) is 29.7 Å². The van der Waals surface area contributed by atoms with Gasteiger partial charge in [-0.15, -0.1) is 11.8 Å². The topological polar surface area (TPSA) is 35.8 Å². The van der Waals surface area contributed by atoms with E-state index in [4.69, 9.17) is 5.26 Å². The Balaban J connectivity index is 2.08. The van der Waals surface area contributed by atoms with E-state index >= 15 is 0 Å². The van der Waals surface area contributed by atoms with Crippen molar-refractivity contribution < 1.29 is 4.39 Å². The normalized spacial score (nSPS) is 19.2. The Labute approximate surface area is 91.8 Å². The molecule has 0 saturated heterocycles. The summed E-state index contributed by atoms with van der Waals surface area (Å²) >= 11 is 1.58. The minimum Gasteiger partial charge on any atom is -0.371 e. The molecule has 0 bridgehead atoms. The molecule has 1 aliphatic rings. The van der Waals surface area contributed by atoms with Gasteiger partial charge >= 0.3 is 0 Å². The Morgan fingerprint density at radius 3 is 2.80 bits per heavy atom. The highest BCUT2D eigenvalue weighted by atomic mass is 32.2. The summed E-state index contributed by atoms with van der Waals surface area (Å²) in [6.07, 6.45) is 0.464. The fourth-order valence-corrected chi connectivity index (χ4v) is 2.22. The summed E-state index contributed by atoms with van der Waals surface area (Å²) in [6, 6.07) is 8.43. The molecule has 0 fully saturated rings. The van der Waals surface area contributed by atoms with Crippen LogP contribution in [-0.2, 0) is 0 Å². The van der Waals surface area contributed by atoms with Crippen molar-refractivity contribution in [2.45, 2.75) is 11.8 Å². The molecule has 0 spiro atoms. The van der Waals surface area contributed by atoms with Crippen molar-refractivity contribution in [1.82, 2.24) is 5.32 Å². The highest BCUT2D eigenvalue weighted by Crippen LogP contribution is 2.28. The van der Waals surface area contributed by atoms with E-state index in [1.54, 1.807) is 23.9 Å². The SMILES string of the molecule is N#CCC1NC(c2ccc(F)cc2)=CS1. The summed E-state index contributed by atoms with van der Waals surface area (Å²) in [5, 5.41) is 13.8. The van der Waals surface area contributed by atoms with Crippen LogP contribution in [0.1, 0.15) is 12.0 Å². The van der Waals surface area contributed by atoms with Crippen LogP contribution in [0.25, 0.3) is 5.70 Å². The third kappa shape index (κ3) is 2.31. The smallest absolute Gasteiger partial charge is 0.123 e. The maximum Gasteiger partial charge on any atom is 0.123 e. The second-order valence-corrected chi connectivity index (χ2v) is 4.25. The monoisotopic (exact) mass is 220 g/mol. The zero-order valence-corrected chi connectivity index (χ0v) is 8.72. The van der Waals surface area contributed by atoms with Crippen molar-refractivity contribution in [3.05, 3.63) is 41.1 Å². The lowest BCUT2D eigenvalue weighted by atomic mass is 10.2. The van der Waals surface area contributed by atoms with Crippen molar-refractivity contribution in [1.29, 1.82) is 5.26 Å². The third-order valence-electron chi connectivity index (χ3n) is 2.10. The van der Waals surface area contributed by atoms with Gasteiger partial charge in [-0.25, -0.2) is 4.39 Å².